The molecule has 5 nitrogen and oxygen atoms in total. The monoisotopic (exact) mass is 452 g/mol. The molecule has 2 heterocycles. The van der Waals surface area contributed by atoms with Crippen molar-refractivity contribution in [3.05, 3.63) is 75.6 Å². The molecule has 0 bridgehead atoms. The van der Waals surface area contributed by atoms with Crippen LogP contribution in [-0.4, -0.2) is 18.1 Å². The number of hydrogen-bond acceptors (Lipinski definition) is 5. The number of hydrogen-bond donors (Lipinski definition) is 1. The maximum Gasteiger partial charge on any atom is 0.431 e. The van der Waals surface area contributed by atoms with E-state index in [1.54, 1.807) is 30.3 Å². The lowest BCUT2D eigenvalue weighted by molar-refractivity contribution is -0.0658. The Kier molecular flexibility index (Phi) is 5.04. The van der Waals surface area contributed by atoms with Gasteiger partial charge in [0.25, 0.3) is 0 Å². The minimum Gasteiger partial charge on any atom is -0.452 e. The molecular weight excluding hydrogens is 440 g/mol. The predicted octanol–water partition coefficient (Wildman–Crippen LogP) is 5.18. The molecule has 2 aromatic rings. The van der Waals surface area contributed by atoms with Crippen molar-refractivity contribution in [3.8, 4) is 6.07 Å². The van der Waals surface area contributed by atoms with Gasteiger partial charge < -0.3 is 10.5 Å². The van der Waals surface area contributed by atoms with Gasteiger partial charge in [0.1, 0.15) is 6.07 Å². The van der Waals surface area contributed by atoms with Crippen LogP contribution in [0, 0.1) is 17.2 Å². The second-order valence-electron chi connectivity index (χ2n) is 6.73. The second kappa shape index (κ2) is 7.42. The van der Waals surface area contributed by atoms with Gasteiger partial charge in [0, 0.05) is 16.0 Å². The molecule has 0 unspecified atom stereocenters. The molecule has 0 fully saturated rings. The number of nitrogens with zero attached hydrogens (tertiary/aromatic N) is 3. The van der Waals surface area contributed by atoms with Crippen molar-refractivity contribution in [2.45, 2.75) is 18.3 Å². The van der Waals surface area contributed by atoms with Crippen LogP contribution in [0.5, 0.6) is 0 Å². The Morgan fingerprint density at radius 3 is 2.47 bits per heavy atom. The maximum absolute atomic E-state index is 14.0. The van der Waals surface area contributed by atoms with Gasteiger partial charge in [-0.05, 0) is 35.9 Å². The van der Waals surface area contributed by atoms with Crippen molar-refractivity contribution in [3.63, 3.8) is 0 Å². The van der Waals surface area contributed by atoms with Crippen LogP contribution >= 0.6 is 23.2 Å². The number of fused-ring (bicyclic) bond motifs is 1. The quantitative estimate of drug-likeness (QED) is 0.680. The van der Waals surface area contributed by atoms with E-state index in [9.17, 15) is 18.4 Å². The Bertz CT molecular complexity index is 1100. The van der Waals surface area contributed by atoms with E-state index in [2.05, 4.69) is 5.10 Å². The van der Waals surface area contributed by atoms with Crippen LogP contribution in [0.3, 0.4) is 0 Å². The van der Waals surface area contributed by atoms with E-state index < -0.39 is 30.0 Å². The molecule has 0 aromatic heterocycles. The summed E-state index contributed by atoms with van der Waals surface area (Å²) in [6, 6.07) is 14.5. The SMILES string of the molecule is N#CC1=C(N)O[C@@H]2[C@@H](C(C(F)(F)F)=NN2c2ccccc2)[C@@H]1c1cc(Cl)ccc1Cl. The van der Waals surface area contributed by atoms with Crippen molar-refractivity contribution < 1.29 is 17.9 Å². The average Bonchev–Trinajstić information content (AvgIpc) is 3.09. The molecule has 30 heavy (non-hydrogen) atoms. The molecule has 2 aliphatic rings. The Labute approximate surface area is 179 Å². The van der Waals surface area contributed by atoms with Crippen molar-refractivity contribution in [1.82, 2.24) is 0 Å². The van der Waals surface area contributed by atoms with Crippen LogP contribution in [0.25, 0.3) is 0 Å². The second-order valence-corrected chi connectivity index (χ2v) is 7.57. The number of halogens is 5. The summed E-state index contributed by atoms with van der Waals surface area (Å²) in [5.41, 5.74) is 5.34. The number of nitrogens with two attached hydrogens (primary N) is 1. The number of anilines is 1. The number of alkyl halides is 3. The summed E-state index contributed by atoms with van der Waals surface area (Å²) in [5, 5.41) is 15.0. The average molecular weight is 453 g/mol. The smallest absolute Gasteiger partial charge is 0.431 e. The van der Waals surface area contributed by atoms with Gasteiger partial charge in [-0.2, -0.15) is 23.5 Å². The Morgan fingerprint density at radius 2 is 1.83 bits per heavy atom. The maximum atomic E-state index is 14.0. The molecule has 2 aliphatic heterocycles. The summed E-state index contributed by atoms with van der Waals surface area (Å²) in [4.78, 5) is 0. The third-order valence-corrected chi connectivity index (χ3v) is 5.57. The molecule has 0 saturated heterocycles. The molecule has 0 aliphatic carbocycles. The highest BCUT2D eigenvalue weighted by Gasteiger charge is 2.58. The minimum absolute atomic E-state index is 0.158. The predicted molar refractivity (Wildman–Crippen MR) is 107 cm³/mol. The van der Waals surface area contributed by atoms with Gasteiger partial charge in [0.15, 0.2) is 5.71 Å². The van der Waals surface area contributed by atoms with E-state index >= 15 is 0 Å². The third kappa shape index (κ3) is 3.34. The van der Waals surface area contributed by atoms with Crippen molar-refractivity contribution in [2.75, 3.05) is 5.01 Å². The summed E-state index contributed by atoms with van der Waals surface area (Å²) >= 11 is 12.4. The Morgan fingerprint density at radius 1 is 1.13 bits per heavy atom. The zero-order chi connectivity index (χ0) is 21.6. The molecule has 3 atom stereocenters. The molecule has 0 spiro atoms. The van der Waals surface area contributed by atoms with Crippen LogP contribution in [-0.2, 0) is 4.74 Å². The zero-order valence-electron chi connectivity index (χ0n) is 15.1. The summed E-state index contributed by atoms with van der Waals surface area (Å²) < 4.78 is 47.6. The van der Waals surface area contributed by atoms with Crippen LogP contribution < -0.4 is 10.7 Å². The first-order chi connectivity index (χ1) is 14.2. The van der Waals surface area contributed by atoms with E-state index in [0.29, 0.717) is 5.69 Å². The first-order valence-corrected chi connectivity index (χ1v) is 9.49. The van der Waals surface area contributed by atoms with E-state index in [1.165, 1.54) is 18.2 Å². The Balaban J connectivity index is 1.94. The standard InChI is InChI=1S/C20H13Cl2F3N4O/c21-10-6-7-14(22)12(8-10)15-13(9-26)18(27)30-19-16(15)17(20(23,24)25)28-29(19)11-4-2-1-3-5-11/h1-8,15-16,19H,27H2/t15-,16-,19-/m1/s1. The number of allylic oxidation sites excluding steroid dienone is 1. The molecule has 154 valence electrons. The molecule has 2 aromatic carbocycles. The lowest BCUT2D eigenvalue weighted by Crippen LogP contribution is -2.46. The van der Waals surface area contributed by atoms with Crippen molar-refractivity contribution >= 4 is 34.6 Å². The largest absolute Gasteiger partial charge is 0.452 e. The summed E-state index contributed by atoms with van der Waals surface area (Å²) in [6.07, 6.45) is -5.99. The molecule has 2 N–H and O–H groups in total. The lowest BCUT2D eigenvalue weighted by atomic mass is 9.76. The fourth-order valence-electron chi connectivity index (χ4n) is 3.76. The highest BCUT2D eigenvalue weighted by atomic mass is 35.5. The van der Waals surface area contributed by atoms with Gasteiger partial charge in [0.05, 0.1) is 17.2 Å². The highest BCUT2D eigenvalue weighted by Crippen LogP contribution is 2.50. The first kappa shape index (κ1) is 20.4. The first-order valence-electron chi connectivity index (χ1n) is 8.73. The highest BCUT2D eigenvalue weighted by molar-refractivity contribution is 6.33. The van der Waals surface area contributed by atoms with Crippen molar-refractivity contribution in [2.24, 2.45) is 16.8 Å². The number of rotatable bonds is 2. The third-order valence-electron chi connectivity index (χ3n) is 4.99. The summed E-state index contributed by atoms with van der Waals surface area (Å²) in [7, 11) is 0. The normalized spacial score (nSPS) is 23.5. The topological polar surface area (TPSA) is 74.6 Å². The van der Waals surface area contributed by atoms with E-state index in [0.717, 1.165) is 5.01 Å². The van der Waals surface area contributed by atoms with E-state index in [1.807, 2.05) is 6.07 Å². The van der Waals surface area contributed by atoms with Gasteiger partial charge in [0.2, 0.25) is 12.1 Å². The number of ether oxygens (including phenoxy) is 1. The van der Waals surface area contributed by atoms with Gasteiger partial charge in [-0.15, -0.1) is 0 Å². The van der Waals surface area contributed by atoms with Gasteiger partial charge >= 0.3 is 6.18 Å². The molecule has 10 heteroatoms. The minimum atomic E-state index is -4.77. The Hall–Kier alpha value is -2.89. The number of hydrazone groups is 1. The van der Waals surface area contributed by atoms with Crippen LogP contribution in [0.1, 0.15) is 11.5 Å². The number of nitriles is 1. The molecular formula is C20H13Cl2F3N4O. The van der Waals surface area contributed by atoms with Gasteiger partial charge in [-0.3, -0.25) is 0 Å². The van der Waals surface area contributed by atoms with E-state index in [-0.39, 0.29) is 27.1 Å². The van der Waals surface area contributed by atoms with Gasteiger partial charge in [-0.1, -0.05) is 41.4 Å². The van der Waals surface area contributed by atoms with Gasteiger partial charge in [-0.25, -0.2) is 5.01 Å². The fourth-order valence-corrected chi connectivity index (χ4v) is 4.17. The molecule has 4 rings (SSSR count). The molecule has 0 amide bonds. The van der Waals surface area contributed by atoms with Crippen LogP contribution in [0.4, 0.5) is 18.9 Å². The van der Waals surface area contributed by atoms with Crippen LogP contribution in [0.2, 0.25) is 10.0 Å². The number of para-hydroxylation sites is 1. The summed E-state index contributed by atoms with van der Waals surface area (Å²) in [6.45, 7) is 0. The zero-order valence-corrected chi connectivity index (χ0v) is 16.6. The molecule has 0 saturated carbocycles. The van der Waals surface area contributed by atoms with E-state index in [4.69, 9.17) is 33.7 Å². The molecule has 0 radical (unpaired) electrons. The fraction of sp³-hybridized carbons (Fsp3) is 0.200. The summed E-state index contributed by atoms with van der Waals surface area (Å²) in [5.74, 6) is -2.81. The van der Waals surface area contributed by atoms with Crippen LogP contribution in [0.15, 0.2) is 65.1 Å². The van der Waals surface area contributed by atoms with Crippen molar-refractivity contribution in [1.29, 1.82) is 5.26 Å². The number of benzene rings is 2. The lowest BCUT2D eigenvalue weighted by Gasteiger charge is -2.37.